The molecule has 0 spiro atoms. The number of aromatic nitrogens is 2. The number of benzene rings is 2. The Bertz CT molecular complexity index is 662. The van der Waals surface area contributed by atoms with Crippen molar-refractivity contribution in [3.05, 3.63) is 42.5 Å². The second kappa shape index (κ2) is 3.88. The molecule has 84 valence electrons. The van der Waals surface area contributed by atoms with E-state index in [-0.39, 0.29) is 6.01 Å². The van der Waals surface area contributed by atoms with Gasteiger partial charge in [0.25, 0.3) is 0 Å². The van der Waals surface area contributed by atoms with Crippen molar-refractivity contribution in [1.29, 1.82) is 0 Å². The van der Waals surface area contributed by atoms with E-state index < -0.39 is 0 Å². The molecule has 0 aliphatic carbocycles. The fourth-order valence-electron chi connectivity index (χ4n) is 1.73. The molecule has 1 aromatic heterocycles. The van der Waals surface area contributed by atoms with E-state index in [1.807, 2.05) is 36.4 Å². The molecule has 0 bridgehead atoms. The molecule has 0 amide bonds. The predicted octanol–water partition coefficient (Wildman–Crippen LogP) is 2.18. The third-order valence-electron chi connectivity index (χ3n) is 2.56. The molecular formula is C12H10N4O. The van der Waals surface area contributed by atoms with Gasteiger partial charge in [0.15, 0.2) is 0 Å². The smallest absolute Gasteiger partial charge is 0.314 e. The van der Waals surface area contributed by atoms with Gasteiger partial charge in [0.2, 0.25) is 5.82 Å². The number of nitrogens with two attached hydrogens (primary N) is 1. The number of nitrogens with zero attached hydrogens (tertiary/aromatic N) is 2. The minimum absolute atomic E-state index is 0.202. The maximum absolute atomic E-state index is 5.19. The van der Waals surface area contributed by atoms with Crippen molar-refractivity contribution >= 4 is 16.8 Å². The van der Waals surface area contributed by atoms with Gasteiger partial charge < -0.3 is 4.52 Å². The summed E-state index contributed by atoms with van der Waals surface area (Å²) in [6.45, 7) is 0. The second-order valence-electron chi connectivity index (χ2n) is 3.63. The normalized spacial score (nSPS) is 10.6. The highest BCUT2D eigenvalue weighted by Gasteiger charge is 2.07. The Morgan fingerprint density at radius 1 is 1.06 bits per heavy atom. The molecule has 0 saturated carbocycles. The molecule has 3 N–H and O–H groups in total. The number of hydrogen-bond acceptors (Lipinski definition) is 5. The maximum atomic E-state index is 5.19. The van der Waals surface area contributed by atoms with Gasteiger partial charge in [-0.05, 0) is 16.8 Å². The monoisotopic (exact) mass is 226 g/mol. The summed E-state index contributed by atoms with van der Waals surface area (Å²) >= 11 is 0. The number of hydrogen-bond donors (Lipinski definition) is 2. The van der Waals surface area contributed by atoms with Gasteiger partial charge in [-0.2, -0.15) is 4.98 Å². The summed E-state index contributed by atoms with van der Waals surface area (Å²) in [7, 11) is 0. The fraction of sp³-hybridized carbons (Fsp3) is 0. The van der Waals surface area contributed by atoms with Gasteiger partial charge >= 0.3 is 6.01 Å². The molecule has 3 aromatic rings. The van der Waals surface area contributed by atoms with Crippen molar-refractivity contribution in [2.75, 3.05) is 5.43 Å². The lowest BCUT2D eigenvalue weighted by molar-refractivity contribution is 0.432. The zero-order chi connectivity index (χ0) is 11.7. The van der Waals surface area contributed by atoms with Gasteiger partial charge in [-0.15, -0.1) is 0 Å². The fourth-order valence-corrected chi connectivity index (χ4v) is 1.73. The van der Waals surface area contributed by atoms with Crippen LogP contribution in [0.4, 0.5) is 6.01 Å². The summed E-state index contributed by atoms with van der Waals surface area (Å²) in [4.78, 5) is 4.09. The molecule has 1 heterocycles. The van der Waals surface area contributed by atoms with Gasteiger partial charge in [-0.3, -0.25) is 5.43 Å². The van der Waals surface area contributed by atoms with Crippen LogP contribution in [0.1, 0.15) is 0 Å². The average molecular weight is 226 g/mol. The summed E-state index contributed by atoms with van der Waals surface area (Å²) in [6.07, 6.45) is 0. The average Bonchev–Trinajstić information content (AvgIpc) is 2.87. The van der Waals surface area contributed by atoms with Crippen LogP contribution in [-0.4, -0.2) is 10.1 Å². The Kier molecular flexibility index (Phi) is 2.23. The first-order chi connectivity index (χ1) is 8.36. The number of fused-ring (bicyclic) bond motifs is 1. The summed E-state index contributed by atoms with van der Waals surface area (Å²) in [5.41, 5.74) is 3.21. The minimum atomic E-state index is 0.202. The van der Waals surface area contributed by atoms with E-state index >= 15 is 0 Å². The van der Waals surface area contributed by atoms with E-state index in [9.17, 15) is 0 Å². The van der Waals surface area contributed by atoms with Gasteiger partial charge in [0.05, 0.1) is 0 Å². The molecule has 0 radical (unpaired) electrons. The number of anilines is 1. The van der Waals surface area contributed by atoms with Crippen LogP contribution in [0.5, 0.6) is 0 Å². The number of hydrazine groups is 1. The first-order valence-electron chi connectivity index (χ1n) is 5.16. The molecule has 0 aliphatic heterocycles. The molecule has 0 fully saturated rings. The summed E-state index contributed by atoms with van der Waals surface area (Å²) < 4.78 is 4.88. The van der Waals surface area contributed by atoms with Crippen LogP contribution >= 0.6 is 0 Å². The minimum Gasteiger partial charge on any atom is -0.314 e. The molecule has 5 nitrogen and oxygen atoms in total. The Balaban J connectivity index is 2.11. The van der Waals surface area contributed by atoms with Crippen LogP contribution in [0.15, 0.2) is 47.0 Å². The Hall–Kier alpha value is -2.40. The lowest BCUT2D eigenvalue weighted by atomic mass is 10.1. The van der Waals surface area contributed by atoms with Gasteiger partial charge in [-0.1, -0.05) is 41.6 Å². The predicted molar refractivity (Wildman–Crippen MR) is 65.1 cm³/mol. The number of nitrogen functional groups attached to an aromatic ring is 1. The van der Waals surface area contributed by atoms with Gasteiger partial charge in [0, 0.05) is 5.56 Å². The molecule has 5 heteroatoms. The lowest BCUT2D eigenvalue weighted by Crippen LogP contribution is -2.06. The second-order valence-corrected chi connectivity index (χ2v) is 3.63. The highest BCUT2D eigenvalue weighted by Crippen LogP contribution is 2.22. The Morgan fingerprint density at radius 2 is 1.88 bits per heavy atom. The molecule has 0 aliphatic rings. The van der Waals surface area contributed by atoms with E-state index in [1.165, 1.54) is 5.39 Å². The lowest BCUT2D eigenvalue weighted by Gasteiger charge is -1.98. The van der Waals surface area contributed by atoms with Crippen LogP contribution in [-0.2, 0) is 0 Å². The maximum Gasteiger partial charge on any atom is 0.335 e. The standard InChI is InChI=1S/C12H10N4O/c13-15-12-14-11(16-17-12)10-6-5-8-3-1-2-4-9(8)7-10/h1-7H,13H2,(H,14,15,16). The Morgan fingerprint density at radius 3 is 2.65 bits per heavy atom. The number of rotatable bonds is 2. The zero-order valence-corrected chi connectivity index (χ0v) is 8.92. The highest BCUT2D eigenvalue weighted by molar-refractivity contribution is 5.86. The zero-order valence-electron chi connectivity index (χ0n) is 8.92. The van der Waals surface area contributed by atoms with Crippen molar-refractivity contribution < 1.29 is 4.52 Å². The topological polar surface area (TPSA) is 77.0 Å². The Labute approximate surface area is 97.2 Å². The van der Waals surface area contributed by atoms with E-state index in [1.54, 1.807) is 0 Å². The molecule has 17 heavy (non-hydrogen) atoms. The van der Waals surface area contributed by atoms with Crippen molar-refractivity contribution in [2.45, 2.75) is 0 Å². The van der Waals surface area contributed by atoms with Crippen LogP contribution in [0.3, 0.4) is 0 Å². The van der Waals surface area contributed by atoms with Crippen LogP contribution in [0.2, 0.25) is 0 Å². The molecule has 3 rings (SSSR count). The van der Waals surface area contributed by atoms with Gasteiger partial charge in [-0.25, -0.2) is 5.84 Å². The molecule has 0 atom stereocenters. The first-order valence-corrected chi connectivity index (χ1v) is 5.16. The van der Waals surface area contributed by atoms with Crippen molar-refractivity contribution in [3.63, 3.8) is 0 Å². The van der Waals surface area contributed by atoms with E-state index in [4.69, 9.17) is 10.4 Å². The molecule has 2 aromatic carbocycles. The first kappa shape index (κ1) is 9.80. The van der Waals surface area contributed by atoms with Crippen LogP contribution in [0.25, 0.3) is 22.2 Å². The molecular weight excluding hydrogens is 216 g/mol. The summed E-state index contributed by atoms with van der Waals surface area (Å²) in [5.74, 6) is 5.70. The van der Waals surface area contributed by atoms with Crippen molar-refractivity contribution in [2.24, 2.45) is 5.84 Å². The van der Waals surface area contributed by atoms with Gasteiger partial charge in [0.1, 0.15) is 0 Å². The molecule has 0 saturated heterocycles. The third kappa shape index (κ3) is 1.72. The largest absolute Gasteiger partial charge is 0.335 e. The van der Waals surface area contributed by atoms with E-state index in [0.29, 0.717) is 5.82 Å². The van der Waals surface area contributed by atoms with E-state index in [2.05, 4.69) is 21.6 Å². The summed E-state index contributed by atoms with van der Waals surface area (Å²) in [5, 5.41) is 6.15. The molecule has 0 unspecified atom stereocenters. The van der Waals surface area contributed by atoms with Crippen LogP contribution in [0, 0.1) is 0 Å². The van der Waals surface area contributed by atoms with Crippen molar-refractivity contribution in [3.8, 4) is 11.4 Å². The number of nitrogens with one attached hydrogen (secondary N) is 1. The SMILES string of the molecule is NNc1nc(-c2ccc3ccccc3c2)no1. The third-order valence-corrected chi connectivity index (χ3v) is 2.56. The quantitative estimate of drug-likeness (QED) is 0.517. The summed E-state index contributed by atoms with van der Waals surface area (Å²) in [6, 6.07) is 14.3. The highest BCUT2D eigenvalue weighted by atomic mass is 16.5. The van der Waals surface area contributed by atoms with Crippen molar-refractivity contribution in [1.82, 2.24) is 10.1 Å². The van der Waals surface area contributed by atoms with E-state index in [0.717, 1.165) is 10.9 Å². The van der Waals surface area contributed by atoms with Crippen LogP contribution < -0.4 is 11.3 Å².